The molecule has 0 saturated heterocycles. The number of halogens is 2. The molecule has 0 fully saturated rings. The monoisotopic (exact) mass is 303 g/mol. The van der Waals surface area contributed by atoms with Crippen LogP contribution in [0.4, 0.5) is 4.39 Å². The minimum absolute atomic E-state index is 0.0389. The van der Waals surface area contributed by atoms with Crippen molar-refractivity contribution in [1.29, 1.82) is 0 Å². The summed E-state index contributed by atoms with van der Waals surface area (Å²) in [6.07, 6.45) is 0.818. The van der Waals surface area contributed by atoms with E-state index in [9.17, 15) is 9.18 Å². The highest BCUT2D eigenvalue weighted by Gasteiger charge is 2.24. The van der Waals surface area contributed by atoms with E-state index in [-0.39, 0.29) is 24.1 Å². The minimum Gasteiger partial charge on any atom is -0.303 e. The molecule has 0 radical (unpaired) electrons. The molecule has 1 heterocycles. The highest BCUT2D eigenvalue weighted by Crippen LogP contribution is 2.21. The first-order valence-corrected chi connectivity index (χ1v) is 7.28. The van der Waals surface area contributed by atoms with Gasteiger partial charge < -0.3 is 5.32 Å². The van der Waals surface area contributed by atoms with Crippen molar-refractivity contribution >= 4 is 17.4 Å². The maximum atomic E-state index is 13.3. The first-order chi connectivity index (χ1) is 10.1. The van der Waals surface area contributed by atoms with Crippen LogP contribution >= 0.6 is 11.6 Å². The van der Waals surface area contributed by atoms with E-state index in [1.807, 2.05) is 18.2 Å². The van der Waals surface area contributed by atoms with E-state index in [1.54, 1.807) is 0 Å². The Bertz CT molecular complexity index is 686. The third-order valence-electron chi connectivity index (χ3n) is 3.84. The van der Waals surface area contributed by atoms with Crippen LogP contribution in [0, 0.1) is 5.82 Å². The zero-order chi connectivity index (χ0) is 14.8. The zero-order valence-corrected chi connectivity index (χ0v) is 12.2. The second-order valence-electron chi connectivity index (χ2n) is 5.29. The number of hydrogen-bond donors (Lipinski definition) is 1. The number of hydrogen-bond acceptors (Lipinski definition) is 2. The molecule has 4 heteroatoms. The molecule has 2 aromatic rings. The quantitative estimate of drug-likeness (QED) is 0.942. The lowest BCUT2D eigenvalue weighted by molar-refractivity contribution is -0.120. The summed E-state index contributed by atoms with van der Waals surface area (Å²) in [5.41, 5.74) is 2.97. The molecule has 1 aliphatic heterocycles. The molecule has 108 valence electrons. The summed E-state index contributed by atoms with van der Waals surface area (Å²) in [7, 11) is 0. The Morgan fingerprint density at radius 1 is 1.24 bits per heavy atom. The van der Waals surface area contributed by atoms with Crippen molar-refractivity contribution in [3.05, 3.63) is 70.0 Å². The largest absolute Gasteiger partial charge is 0.303 e. The van der Waals surface area contributed by atoms with E-state index < -0.39 is 0 Å². The third-order valence-corrected chi connectivity index (χ3v) is 4.21. The Morgan fingerprint density at radius 3 is 2.81 bits per heavy atom. The van der Waals surface area contributed by atoms with Crippen LogP contribution in [0.3, 0.4) is 0 Å². The van der Waals surface area contributed by atoms with Crippen molar-refractivity contribution in [2.24, 2.45) is 0 Å². The summed E-state index contributed by atoms with van der Waals surface area (Å²) < 4.78 is 13.3. The van der Waals surface area contributed by atoms with E-state index >= 15 is 0 Å². The number of nitrogens with one attached hydrogen (secondary N) is 1. The van der Waals surface area contributed by atoms with E-state index in [2.05, 4.69) is 11.4 Å². The average Bonchev–Trinajstić information content (AvgIpc) is 2.50. The van der Waals surface area contributed by atoms with Crippen molar-refractivity contribution in [3.63, 3.8) is 0 Å². The molecule has 0 amide bonds. The van der Waals surface area contributed by atoms with Gasteiger partial charge in [-0.05, 0) is 41.3 Å². The van der Waals surface area contributed by atoms with E-state index in [0.29, 0.717) is 23.6 Å². The number of ketones is 1. The molecular formula is C17H15ClFNO. The predicted molar refractivity (Wildman–Crippen MR) is 80.9 cm³/mol. The summed E-state index contributed by atoms with van der Waals surface area (Å²) in [6.45, 7) is 0.684. The summed E-state index contributed by atoms with van der Waals surface area (Å²) in [5.74, 6) is -0.332. The summed E-state index contributed by atoms with van der Waals surface area (Å²) in [6, 6.07) is 12.0. The first kappa shape index (κ1) is 14.2. The molecule has 0 aliphatic carbocycles. The Balaban J connectivity index is 1.74. The van der Waals surface area contributed by atoms with Crippen molar-refractivity contribution in [1.82, 2.24) is 5.32 Å². The average molecular weight is 304 g/mol. The van der Waals surface area contributed by atoms with Crippen molar-refractivity contribution in [2.75, 3.05) is 0 Å². The van der Waals surface area contributed by atoms with E-state index in [4.69, 9.17) is 11.6 Å². The Kier molecular flexibility index (Phi) is 4.04. The number of fused-ring (bicyclic) bond motifs is 1. The fourth-order valence-electron chi connectivity index (χ4n) is 2.67. The lowest BCUT2D eigenvalue weighted by atomic mass is 9.91. The van der Waals surface area contributed by atoms with Gasteiger partial charge in [0.15, 0.2) is 5.78 Å². The van der Waals surface area contributed by atoms with Gasteiger partial charge in [-0.3, -0.25) is 4.79 Å². The molecule has 2 aromatic carbocycles. The predicted octanol–water partition coefficient (Wildman–Crippen LogP) is 3.31. The van der Waals surface area contributed by atoms with Crippen LogP contribution in [0.25, 0.3) is 0 Å². The van der Waals surface area contributed by atoms with Crippen LogP contribution in [0.2, 0.25) is 5.02 Å². The van der Waals surface area contributed by atoms with Gasteiger partial charge in [-0.1, -0.05) is 35.9 Å². The van der Waals surface area contributed by atoms with Crippen LogP contribution in [0.5, 0.6) is 0 Å². The van der Waals surface area contributed by atoms with Gasteiger partial charge in [0, 0.05) is 18.0 Å². The van der Waals surface area contributed by atoms with Gasteiger partial charge >= 0.3 is 0 Å². The molecule has 2 nitrogen and oxygen atoms in total. The lowest BCUT2D eigenvalue weighted by Crippen LogP contribution is -2.42. The highest BCUT2D eigenvalue weighted by atomic mass is 35.5. The number of carbonyl (C=O) groups excluding carboxylic acids is 1. The van der Waals surface area contributed by atoms with Gasteiger partial charge in [-0.25, -0.2) is 4.39 Å². The standard InChI is InChI=1S/C17H15ClFNO/c18-15-6-5-14(19)7-13(15)9-17(21)16-8-11-3-1-2-4-12(11)10-20-16/h1-7,16,20H,8-10H2. The minimum atomic E-state index is -0.371. The molecule has 0 aromatic heterocycles. The van der Waals surface area contributed by atoms with Crippen LogP contribution in [-0.4, -0.2) is 11.8 Å². The van der Waals surface area contributed by atoms with Crippen LogP contribution in [0.15, 0.2) is 42.5 Å². The van der Waals surface area contributed by atoms with Crippen molar-refractivity contribution in [2.45, 2.75) is 25.4 Å². The molecule has 1 N–H and O–H groups in total. The molecule has 0 saturated carbocycles. The summed E-state index contributed by atoms with van der Waals surface area (Å²) in [4.78, 5) is 12.4. The molecule has 3 rings (SSSR count). The van der Waals surface area contributed by atoms with Crippen molar-refractivity contribution < 1.29 is 9.18 Å². The third kappa shape index (κ3) is 3.14. The van der Waals surface area contributed by atoms with Crippen molar-refractivity contribution in [3.8, 4) is 0 Å². The number of rotatable bonds is 3. The zero-order valence-electron chi connectivity index (χ0n) is 11.4. The Labute approximate surface area is 127 Å². The second kappa shape index (κ2) is 5.96. The maximum absolute atomic E-state index is 13.3. The molecular weight excluding hydrogens is 289 g/mol. The Morgan fingerprint density at radius 2 is 2.00 bits per heavy atom. The molecule has 0 bridgehead atoms. The molecule has 1 aliphatic rings. The van der Waals surface area contributed by atoms with Crippen LogP contribution in [-0.2, 0) is 24.2 Å². The fourth-order valence-corrected chi connectivity index (χ4v) is 2.86. The summed E-state index contributed by atoms with van der Waals surface area (Å²) >= 11 is 6.02. The Hall–Kier alpha value is -1.71. The van der Waals surface area contributed by atoms with Gasteiger partial charge in [-0.15, -0.1) is 0 Å². The number of benzene rings is 2. The smallest absolute Gasteiger partial charge is 0.154 e. The molecule has 21 heavy (non-hydrogen) atoms. The van der Waals surface area contributed by atoms with Crippen LogP contribution < -0.4 is 5.32 Å². The van der Waals surface area contributed by atoms with Gasteiger partial charge in [-0.2, -0.15) is 0 Å². The number of Topliss-reactive ketones (excluding diaryl/α,β-unsaturated/α-hetero) is 1. The van der Waals surface area contributed by atoms with Crippen LogP contribution in [0.1, 0.15) is 16.7 Å². The highest BCUT2D eigenvalue weighted by molar-refractivity contribution is 6.31. The maximum Gasteiger partial charge on any atom is 0.154 e. The van der Waals surface area contributed by atoms with Gasteiger partial charge in [0.1, 0.15) is 5.82 Å². The molecule has 0 spiro atoms. The second-order valence-corrected chi connectivity index (χ2v) is 5.69. The summed E-state index contributed by atoms with van der Waals surface area (Å²) in [5, 5.41) is 3.67. The lowest BCUT2D eigenvalue weighted by Gasteiger charge is -2.25. The molecule has 1 unspecified atom stereocenters. The fraction of sp³-hybridized carbons (Fsp3) is 0.235. The normalized spacial score (nSPS) is 17.3. The molecule has 1 atom stereocenters. The van der Waals surface area contributed by atoms with E-state index in [0.717, 1.165) is 0 Å². The van der Waals surface area contributed by atoms with Gasteiger partial charge in [0.05, 0.1) is 6.04 Å². The van der Waals surface area contributed by atoms with Gasteiger partial charge in [0.25, 0.3) is 0 Å². The SMILES string of the molecule is O=C(Cc1cc(F)ccc1Cl)C1Cc2ccccc2CN1. The van der Waals surface area contributed by atoms with E-state index in [1.165, 1.54) is 29.3 Å². The van der Waals surface area contributed by atoms with Gasteiger partial charge in [0.2, 0.25) is 0 Å². The topological polar surface area (TPSA) is 29.1 Å². The number of carbonyl (C=O) groups is 1. The first-order valence-electron chi connectivity index (χ1n) is 6.90.